The van der Waals surface area contributed by atoms with E-state index in [9.17, 15) is 4.79 Å². The fraction of sp³-hybridized carbons (Fsp3) is 0. The summed E-state index contributed by atoms with van der Waals surface area (Å²) in [6, 6.07) is 16.8. The molecule has 3 rings (SSSR count). The molecule has 0 spiro atoms. The first-order valence-corrected chi connectivity index (χ1v) is 5.42. The minimum absolute atomic E-state index is 0. The number of fused-ring (bicyclic) bond motifs is 1. The molecule has 0 aliphatic rings. The van der Waals surface area contributed by atoms with Crippen molar-refractivity contribution in [3.63, 3.8) is 0 Å². The minimum atomic E-state index is 0. The molecule has 3 aromatic rings. The summed E-state index contributed by atoms with van der Waals surface area (Å²) in [5.41, 5.74) is 2.12. The van der Waals surface area contributed by atoms with E-state index in [1.54, 1.807) is 12.1 Å². The van der Waals surface area contributed by atoms with Crippen molar-refractivity contribution in [3.05, 3.63) is 71.1 Å². The molecule has 0 amide bonds. The van der Waals surface area contributed by atoms with Crippen LogP contribution in [0.3, 0.4) is 0 Å². The molecule has 1 heterocycles. The third-order valence-corrected chi connectivity index (χ3v) is 2.76. The molecule has 2 nitrogen and oxygen atoms in total. The molecule has 0 aliphatic carbocycles. The normalized spacial score (nSPS) is 10.0. The first-order chi connectivity index (χ1) is 8.36. The molecular formula is C15H10AuO2. The van der Waals surface area contributed by atoms with Crippen LogP contribution in [0.4, 0.5) is 0 Å². The standard InChI is InChI=1S/C15H10O2.Au/c16-15-12-8-4-5-9-14(12)17-10-13(15)11-6-2-1-3-7-11;/h1-10H;. The third kappa shape index (κ3) is 2.18. The average molecular weight is 419 g/mol. The predicted molar refractivity (Wildman–Crippen MR) is 67.9 cm³/mol. The summed E-state index contributed by atoms with van der Waals surface area (Å²) in [6.45, 7) is 0. The Bertz CT molecular complexity index is 717. The minimum Gasteiger partial charge on any atom is -0.463 e. The van der Waals surface area contributed by atoms with Gasteiger partial charge in [-0.3, -0.25) is 4.79 Å². The molecule has 0 aliphatic heterocycles. The van der Waals surface area contributed by atoms with E-state index in [0.717, 1.165) is 5.56 Å². The Kier molecular flexibility index (Phi) is 3.82. The van der Waals surface area contributed by atoms with Gasteiger partial charge in [-0.2, -0.15) is 0 Å². The number of hydrogen-bond acceptors (Lipinski definition) is 2. The molecule has 1 aromatic heterocycles. The van der Waals surface area contributed by atoms with Crippen LogP contribution in [0.5, 0.6) is 0 Å². The van der Waals surface area contributed by atoms with Crippen molar-refractivity contribution in [1.29, 1.82) is 0 Å². The Labute approximate surface area is 120 Å². The summed E-state index contributed by atoms with van der Waals surface area (Å²) in [7, 11) is 0. The summed E-state index contributed by atoms with van der Waals surface area (Å²) in [5.74, 6) is 0. The second-order valence-corrected chi connectivity index (χ2v) is 3.84. The number of rotatable bonds is 1. The van der Waals surface area contributed by atoms with E-state index in [1.165, 1.54) is 6.26 Å². The van der Waals surface area contributed by atoms with Crippen LogP contribution in [-0.4, -0.2) is 0 Å². The second kappa shape index (κ2) is 5.36. The topological polar surface area (TPSA) is 30.2 Å². The first-order valence-electron chi connectivity index (χ1n) is 5.42. The molecule has 18 heavy (non-hydrogen) atoms. The van der Waals surface area contributed by atoms with Crippen LogP contribution in [0.1, 0.15) is 0 Å². The Balaban J connectivity index is 0.00000120. The van der Waals surface area contributed by atoms with Crippen LogP contribution in [0.25, 0.3) is 22.1 Å². The van der Waals surface area contributed by atoms with E-state index in [-0.39, 0.29) is 27.8 Å². The number of hydrogen-bond donors (Lipinski definition) is 0. The van der Waals surface area contributed by atoms with Gasteiger partial charge in [-0.25, -0.2) is 0 Å². The Morgan fingerprint density at radius 1 is 0.833 bits per heavy atom. The van der Waals surface area contributed by atoms with Gasteiger partial charge < -0.3 is 4.42 Å². The Morgan fingerprint density at radius 3 is 2.28 bits per heavy atom. The van der Waals surface area contributed by atoms with E-state index in [1.807, 2.05) is 42.5 Å². The molecule has 0 N–H and O–H groups in total. The molecular weight excluding hydrogens is 409 g/mol. The second-order valence-electron chi connectivity index (χ2n) is 3.84. The van der Waals surface area contributed by atoms with Crippen molar-refractivity contribution in [3.8, 4) is 11.1 Å². The van der Waals surface area contributed by atoms with Crippen molar-refractivity contribution in [2.75, 3.05) is 0 Å². The maximum Gasteiger partial charge on any atom is 0.200 e. The molecule has 0 atom stereocenters. The fourth-order valence-electron chi connectivity index (χ4n) is 1.89. The summed E-state index contributed by atoms with van der Waals surface area (Å²) in [5, 5.41) is 0.619. The largest absolute Gasteiger partial charge is 0.463 e. The zero-order chi connectivity index (χ0) is 11.7. The SMILES string of the molecule is O=c1c(-c2ccccc2)coc2ccccc12.[Au]. The van der Waals surface area contributed by atoms with Gasteiger partial charge >= 0.3 is 0 Å². The van der Waals surface area contributed by atoms with E-state index >= 15 is 0 Å². The summed E-state index contributed by atoms with van der Waals surface area (Å²) in [4.78, 5) is 12.3. The van der Waals surface area contributed by atoms with Gasteiger partial charge in [0.05, 0.1) is 10.9 Å². The van der Waals surface area contributed by atoms with Gasteiger partial charge in [0.15, 0.2) is 5.43 Å². The van der Waals surface area contributed by atoms with Crippen molar-refractivity contribution in [2.24, 2.45) is 0 Å². The van der Waals surface area contributed by atoms with Crippen LogP contribution in [0.15, 0.2) is 70.1 Å². The Hall–Kier alpha value is -1.61. The maximum atomic E-state index is 12.3. The Morgan fingerprint density at radius 2 is 1.50 bits per heavy atom. The van der Waals surface area contributed by atoms with E-state index in [0.29, 0.717) is 16.5 Å². The van der Waals surface area contributed by atoms with Gasteiger partial charge in [0, 0.05) is 22.4 Å². The summed E-state index contributed by atoms with van der Waals surface area (Å²) >= 11 is 0. The predicted octanol–water partition coefficient (Wildman–Crippen LogP) is 3.46. The molecule has 0 unspecified atom stereocenters. The van der Waals surface area contributed by atoms with Crippen molar-refractivity contribution >= 4 is 11.0 Å². The van der Waals surface area contributed by atoms with Crippen LogP contribution in [-0.2, 0) is 22.4 Å². The molecule has 0 saturated carbocycles. The molecule has 1 radical (unpaired) electrons. The number of benzene rings is 2. The monoisotopic (exact) mass is 419 g/mol. The van der Waals surface area contributed by atoms with E-state index in [4.69, 9.17) is 4.42 Å². The molecule has 0 saturated heterocycles. The zero-order valence-corrected chi connectivity index (χ0v) is 11.6. The smallest absolute Gasteiger partial charge is 0.200 e. The number of para-hydroxylation sites is 1. The summed E-state index contributed by atoms with van der Waals surface area (Å²) < 4.78 is 5.48. The van der Waals surface area contributed by atoms with E-state index < -0.39 is 0 Å². The molecule has 93 valence electrons. The summed E-state index contributed by atoms with van der Waals surface area (Å²) in [6.07, 6.45) is 1.53. The molecule has 2 aromatic carbocycles. The maximum absolute atomic E-state index is 12.3. The van der Waals surface area contributed by atoms with Gasteiger partial charge in [0.25, 0.3) is 0 Å². The fourth-order valence-corrected chi connectivity index (χ4v) is 1.89. The van der Waals surface area contributed by atoms with Gasteiger partial charge in [-0.15, -0.1) is 0 Å². The van der Waals surface area contributed by atoms with Gasteiger partial charge in [0.1, 0.15) is 11.8 Å². The molecule has 0 fully saturated rings. The van der Waals surface area contributed by atoms with Gasteiger partial charge in [-0.05, 0) is 17.7 Å². The van der Waals surface area contributed by atoms with Crippen LogP contribution >= 0.6 is 0 Å². The molecule has 3 heteroatoms. The van der Waals surface area contributed by atoms with Crippen molar-refractivity contribution < 1.29 is 26.8 Å². The van der Waals surface area contributed by atoms with Gasteiger partial charge in [0.2, 0.25) is 0 Å². The quantitative estimate of drug-likeness (QED) is 0.566. The van der Waals surface area contributed by atoms with Crippen LogP contribution in [0, 0.1) is 0 Å². The van der Waals surface area contributed by atoms with Gasteiger partial charge in [-0.1, -0.05) is 42.5 Å². The third-order valence-electron chi connectivity index (χ3n) is 2.76. The van der Waals surface area contributed by atoms with Crippen LogP contribution < -0.4 is 5.43 Å². The van der Waals surface area contributed by atoms with Crippen molar-refractivity contribution in [1.82, 2.24) is 0 Å². The van der Waals surface area contributed by atoms with Crippen molar-refractivity contribution in [2.45, 2.75) is 0 Å². The van der Waals surface area contributed by atoms with Crippen LogP contribution in [0.2, 0.25) is 0 Å². The average Bonchev–Trinajstić information content (AvgIpc) is 2.40. The van der Waals surface area contributed by atoms with E-state index in [2.05, 4.69) is 0 Å². The first kappa shape index (κ1) is 12.8. The molecule has 0 bridgehead atoms. The zero-order valence-electron chi connectivity index (χ0n) is 9.39.